The van der Waals surface area contributed by atoms with E-state index >= 15 is 0 Å². The number of nitrogens with zero attached hydrogens (tertiary/aromatic N) is 3. The Hall–Kier alpha value is -4.12. The van der Waals surface area contributed by atoms with Gasteiger partial charge in [-0.1, -0.05) is 54.5 Å². The van der Waals surface area contributed by atoms with Crippen LogP contribution in [-0.4, -0.2) is 27.6 Å². The van der Waals surface area contributed by atoms with E-state index < -0.39 is 0 Å². The summed E-state index contributed by atoms with van der Waals surface area (Å²) in [6.07, 6.45) is 1.90. The van der Waals surface area contributed by atoms with E-state index in [-0.39, 0.29) is 16.4 Å². The molecule has 226 valence electrons. The zero-order chi connectivity index (χ0) is 31.3. The maximum absolute atomic E-state index is 6.78. The third kappa shape index (κ3) is 4.43. The standard InChI is InChI=1S/C39H43N3O2/c1-22(2)24-15-25(36-41-38(7,8)21-43-36)17-27(16-24)44-33-20-32-30(14-23(33)3)39(9,10)31-19-26(37(4,5)6)18-29-28-12-11-13-40-35(28)42(32)34(29)31/h11-20,22H,21H2,1-10H3. The van der Waals surface area contributed by atoms with Crippen molar-refractivity contribution in [2.24, 2.45) is 4.99 Å². The van der Waals surface area contributed by atoms with Gasteiger partial charge in [0.25, 0.3) is 0 Å². The average molecular weight is 586 g/mol. The number of pyridine rings is 1. The number of aromatic nitrogens is 2. The van der Waals surface area contributed by atoms with E-state index in [4.69, 9.17) is 19.5 Å². The van der Waals surface area contributed by atoms with Crippen LogP contribution in [0, 0.1) is 6.92 Å². The van der Waals surface area contributed by atoms with E-state index in [0.717, 1.165) is 34.0 Å². The normalized spacial score (nSPS) is 16.8. The van der Waals surface area contributed by atoms with E-state index in [1.54, 1.807) is 0 Å². The molecule has 0 N–H and O–H groups in total. The molecule has 2 aliphatic heterocycles. The van der Waals surface area contributed by atoms with Crippen molar-refractivity contribution in [2.45, 2.75) is 91.5 Å². The fraction of sp³-hybridized carbons (Fsp3) is 0.385. The molecule has 2 aromatic heterocycles. The Labute approximate surface area is 260 Å². The summed E-state index contributed by atoms with van der Waals surface area (Å²) in [4.78, 5) is 9.78. The Balaban J connectivity index is 1.43. The second kappa shape index (κ2) is 9.44. The molecule has 0 spiro atoms. The summed E-state index contributed by atoms with van der Waals surface area (Å²) in [5.41, 5.74) is 10.1. The number of benzene rings is 3. The van der Waals surface area contributed by atoms with Crippen molar-refractivity contribution < 1.29 is 9.47 Å². The number of rotatable bonds is 4. The van der Waals surface area contributed by atoms with Crippen LogP contribution >= 0.6 is 0 Å². The van der Waals surface area contributed by atoms with Crippen molar-refractivity contribution in [1.29, 1.82) is 0 Å². The molecule has 0 unspecified atom stereocenters. The van der Waals surface area contributed by atoms with Gasteiger partial charge < -0.3 is 9.47 Å². The van der Waals surface area contributed by atoms with Crippen LogP contribution in [-0.2, 0) is 15.6 Å². The van der Waals surface area contributed by atoms with Gasteiger partial charge in [-0.15, -0.1) is 0 Å². The van der Waals surface area contributed by atoms with Crippen LogP contribution < -0.4 is 4.74 Å². The van der Waals surface area contributed by atoms with Gasteiger partial charge in [-0.25, -0.2) is 9.98 Å². The molecule has 5 nitrogen and oxygen atoms in total. The van der Waals surface area contributed by atoms with E-state index in [1.807, 2.05) is 12.3 Å². The van der Waals surface area contributed by atoms with Crippen molar-refractivity contribution in [1.82, 2.24) is 9.55 Å². The van der Waals surface area contributed by atoms with Gasteiger partial charge in [-0.05, 0) is 102 Å². The smallest absolute Gasteiger partial charge is 0.216 e. The number of ether oxygens (including phenoxy) is 2. The topological polar surface area (TPSA) is 48.6 Å². The molecule has 4 heterocycles. The van der Waals surface area contributed by atoms with Gasteiger partial charge in [0.15, 0.2) is 0 Å². The summed E-state index contributed by atoms with van der Waals surface area (Å²) in [6.45, 7) is 22.9. The fourth-order valence-electron chi connectivity index (χ4n) is 6.73. The van der Waals surface area contributed by atoms with Crippen molar-refractivity contribution in [2.75, 3.05) is 6.61 Å². The maximum atomic E-state index is 6.78. The molecule has 7 rings (SSSR count). The van der Waals surface area contributed by atoms with Crippen LogP contribution in [0.25, 0.3) is 27.6 Å². The SMILES string of the molecule is Cc1cc2c(cc1Oc1cc(C3=NC(C)(C)CO3)cc(C(C)C)c1)-n1c3ncccc3c3cc(C(C)(C)C)cc(c31)C2(C)C. The van der Waals surface area contributed by atoms with Crippen molar-refractivity contribution in [3.05, 3.63) is 94.2 Å². The van der Waals surface area contributed by atoms with Gasteiger partial charge in [0.1, 0.15) is 23.8 Å². The third-order valence-corrected chi connectivity index (χ3v) is 9.41. The molecule has 0 radical (unpaired) electrons. The molecule has 44 heavy (non-hydrogen) atoms. The van der Waals surface area contributed by atoms with Gasteiger partial charge in [0.2, 0.25) is 5.90 Å². The monoisotopic (exact) mass is 585 g/mol. The Morgan fingerprint density at radius 1 is 0.932 bits per heavy atom. The highest BCUT2D eigenvalue weighted by molar-refractivity contribution is 6.10. The second-order valence-corrected chi connectivity index (χ2v) is 15.2. The van der Waals surface area contributed by atoms with E-state index in [0.29, 0.717) is 18.4 Å². The number of hydrogen-bond donors (Lipinski definition) is 0. The Bertz CT molecular complexity index is 2020. The molecule has 0 fully saturated rings. The largest absolute Gasteiger partial charge is 0.475 e. The van der Waals surface area contributed by atoms with Crippen molar-refractivity contribution in [3.8, 4) is 17.2 Å². The Morgan fingerprint density at radius 2 is 1.70 bits per heavy atom. The maximum Gasteiger partial charge on any atom is 0.216 e. The third-order valence-electron chi connectivity index (χ3n) is 9.41. The van der Waals surface area contributed by atoms with Crippen molar-refractivity contribution >= 4 is 27.8 Å². The van der Waals surface area contributed by atoms with Crippen LogP contribution in [0.4, 0.5) is 0 Å². The minimum atomic E-state index is -0.227. The first-order valence-electron chi connectivity index (χ1n) is 15.8. The summed E-state index contributed by atoms with van der Waals surface area (Å²) in [5, 5.41) is 2.43. The van der Waals surface area contributed by atoms with E-state index in [9.17, 15) is 0 Å². The predicted molar refractivity (Wildman–Crippen MR) is 181 cm³/mol. The summed E-state index contributed by atoms with van der Waals surface area (Å²) < 4.78 is 15.2. The van der Waals surface area contributed by atoms with E-state index in [2.05, 4.69) is 122 Å². The van der Waals surface area contributed by atoms with Crippen LogP contribution in [0.15, 0.2) is 65.8 Å². The lowest BCUT2D eigenvalue weighted by Crippen LogP contribution is -2.27. The molecule has 5 aromatic rings. The van der Waals surface area contributed by atoms with E-state index in [1.165, 1.54) is 38.5 Å². The minimum Gasteiger partial charge on any atom is -0.475 e. The molecule has 0 aliphatic carbocycles. The van der Waals surface area contributed by atoms with Crippen molar-refractivity contribution in [3.63, 3.8) is 0 Å². The molecule has 0 saturated heterocycles. The van der Waals surface area contributed by atoms with Crippen LogP contribution in [0.5, 0.6) is 11.5 Å². The average Bonchev–Trinajstić information content (AvgIpc) is 3.49. The lowest BCUT2D eigenvalue weighted by molar-refractivity contribution is 0.279. The highest BCUT2D eigenvalue weighted by Gasteiger charge is 2.37. The predicted octanol–water partition coefficient (Wildman–Crippen LogP) is 9.90. The number of aliphatic imine (C=N–C) groups is 1. The summed E-state index contributed by atoms with van der Waals surface area (Å²) in [6, 6.07) is 20.0. The molecule has 0 saturated carbocycles. The summed E-state index contributed by atoms with van der Waals surface area (Å²) >= 11 is 0. The quantitative estimate of drug-likeness (QED) is 0.211. The fourth-order valence-corrected chi connectivity index (χ4v) is 6.73. The zero-order valence-corrected chi connectivity index (χ0v) is 27.7. The molecular weight excluding hydrogens is 542 g/mol. The number of aryl methyl sites for hydroxylation is 1. The van der Waals surface area contributed by atoms with Gasteiger partial charge in [-0.2, -0.15) is 0 Å². The van der Waals surface area contributed by atoms with Gasteiger partial charge in [0, 0.05) is 34.0 Å². The number of hydrogen-bond acceptors (Lipinski definition) is 4. The lowest BCUT2D eigenvalue weighted by Gasteiger charge is -2.36. The summed E-state index contributed by atoms with van der Waals surface area (Å²) in [7, 11) is 0. The molecular formula is C39H43N3O2. The van der Waals surface area contributed by atoms with Crippen LogP contribution in [0.1, 0.15) is 102 Å². The minimum absolute atomic E-state index is 0.0273. The first kappa shape index (κ1) is 28.6. The summed E-state index contributed by atoms with van der Waals surface area (Å²) in [5.74, 6) is 2.64. The molecule has 0 amide bonds. The first-order chi connectivity index (χ1) is 20.6. The molecule has 0 bridgehead atoms. The molecule has 3 aromatic carbocycles. The van der Waals surface area contributed by atoms with Gasteiger partial charge >= 0.3 is 0 Å². The second-order valence-electron chi connectivity index (χ2n) is 15.2. The highest BCUT2D eigenvalue weighted by atomic mass is 16.5. The molecule has 2 aliphatic rings. The lowest BCUT2D eigenvalue weighted by atomic mass is 9.72. The van der Waals surface area contributed by atoms with Gasteiger partial charge in [-0.3, -0.25) is 4.57 Å². The molecule has 0 atom stereocenters. The van der Waals surface area contributed by atoms with Gasteiger partial charge in [0.05, 0.1) is 16.7 Å². The molecule has 5 heteroatoms. The first-order valence-corrected chi connectivity index (χ1v) is 15.8. The van der Waals surface area contributed by atoms with Crippen LogP contribution in [0.2, 0.25) is 0 Å². The Morgan fingerprint density at radius 3 is 2.39 bits per heavy atom. The number of fused-ring (bicyclic) bond motifs is 5. The van der Waals surface area contributed by atoms with Crippen LogP contribution in [0.3, 0.4) is 0 Å². The highest BCUT2D eigenvalue weighted by Crippen LogP contribution is 2.50. The zero-order valence-electron chi connectivity index (χ0n) is 27.7. The Kier molecular flexibility index (Phi) is 6.14.